The van der Waals surface area contributed by atoms with Crippen LogP contribution in [0.1, 0.15) is 24.3 Å². The Morgan fingerprint density at radius 2 is 2.20 bits per heavy atom. The summed E-state index contributed by atoms with van der Waals surface area (Å²) in [6.45, 7) is 2.33. The zero-order chi connectivity index (χ0) is 9.80. The van der Waals surface area contributed by atoms with Gasteiger partial charge in [0, 0.05) is 18.2 Å². The zero-order valence-electron chi connectivity index (χ0n) is 9.17. The van der Waals surface area contributed by atoms with E-state index in [1.54, 1.807) is 0 Å². The van der Waals surface area contributed by atoms with Crippen LogP contribution in [0.4, 0.5) is 5.69 Å². The van der Waals surface area contributed by atoms with E-state index < -0.39 is 0 Å². The van der Waals surface area contributed by atoms with Crippen LogP contribution in [0.3, 0.4) is 0 Å². The van der Waals surface area contributed by atoms with Gasteiger partial charge in [-0.3, -0.25) is 0 Å². The molecule has 0 spiro atoms. The van der Waals surface area contributed by atoms with Crippen LogP contribution in [0.2, 0.25) is 0 Å². The highest BCUT2D eigenvalue weighted by molar-refractivity contribution is 5.53. The summed E-state index contributed by atoms with van der Waals surface area (Å²) in [5, 5.41) is 5.78. The van der Waals surface area contributed by atoms with Crippen LogP contribution in [0.5, 0.6) is 0 Å². The number of rotatable bonds is 2. The Kier molecular flexibility index (Phi) is 4.92. The highest BCUT2D eigenvalue weighted by Crippen LogP contribution is 2.29. The van der Waals surface area contributed by atoms with E-state index in [1.165, 1.54) is 30.6 Å². The summed E-state index contributed by atoms with van der Waals surface area (Å²) < 4.78 is 0. The fourth-order valence-corrected chi connectivity index (χ4v) is 2.27. The summed E-state index contributed by atoms with van der Waals surface area (Å²) in [7, 11) is 2.15. The van der Waals surface area contributed by atoms with Crippen LogP contribution in [0.15, 0.2) is 24.3 Å². The van der Waals surface area contributed by atoms with Crippen LogP contribution in [-0.2, 0) is 0 Å². The van der Waals surface area contributed by atoms with Crippen LogP contribution in [-0.4, -0.2) is 20.1 Å². The molecule has 1 unspecified atom stereocenters. The minimum atomic E-state index is 0. The minimum absolute atomic E-state index is 0. The lowest BCUT2D eigenvalue weighted by Gasteiger charge is -2.14. The first-order valence-electron chi connectivity index (χ1n) is 5.52. The van der Waals surface area contributed by atoms with E-state index in [-0.39, 0.29) is 12.4 Å². The van der Waals surface area contributed by atoms with Crippen LogP contribution < -0.4 is 23.0 Å². The quantitative estimate of drug-likeness (QED) is 0.611. The number of likely N-dealkylation sites (N-methyl/N-ethyl adjacent to an activating group) is 1. The summed E-state index contributed by atoms with van der Waals surface area (Å²) in [6.07, 6.45) is 2.60. The second-order valence-electron chi connectivity index (χ2n) is 4.00. The normalized spacial score (nSPS) is 19.4. The van der Waals surface area contributed by atoms with E-state index in [1.807, 2.05) is 0 Å². The summed E-state index contributed by atoms with van der Waals surface area (Å²) in [5.41, 5.74) is 2.85. The molecule has 0 fully saturated rings. The topological polar surface area (TPSA) is 28.6 Å². The molecule has 84 valence electrons. The van der Waals surface area contributed by atoms with E-state index in [0.717, 1.165) is 12.5 Å². The maximum Gasteiger partial charge on any atom is 0.0823 e. The van der Waals surface area contributed by atoms with Gasteiger partial charge < -0.3 is 23.0 Å². The molecule has 3 N–H and O–H groups in total. The molecule has 1 heterocycles. The van der Waals surface area contributed by atoms with Gasteiger partial charge in [-0.1, -0.05) is 18.2 Å². The molecule has 0 saturated carbocycles. The van der Waals surface area contributed by atoms with Crippen molar-refractivity contribution in [2.45, 2.75) is 18.8 Å². The zero-order valence-corrected chi connectivity index (χ0v) is 9.93. The lowest BCUT2D eigenvalue weighted by atomic mass is 9.94. The third-order valence-corrected chi connectivity index (χ3v) is 2.97. The van der Waals surface area contributed by atoms with Crippen molar-refractivity contribution in [3.8, 4) is 0 Å². The number of benzene rings is 1. The Morgan fingerprint density at radius 3 is 3.00 bits per heavy atom. The second kappa shape index (κ2) is 5.99. The molecule has 0 amide bonds. The van der Waals surface area contributed by atoms with Crippen LogP contribution in [0, 0.1) is 0 Å². The summed E-state index contributed by atoms with van der Waals surface area (Å²) >= 11 is 0. The van der Waals surface area contributed by atoms with Gasteiger partial charge in [0.1, 0.15) is 0 Å². The third-order valence-electron chi connectivity index (χ3n) is 2.97. The SMILES string of the molecule is C[NH2+]CC1CCCNc2ccccc21.[Cl-]. The van der Waals surface area contributed by atoms with Gasteiger partial charge in [-0.25, -0.2) is 0 Å². The highest BCUT2D eigenvalue weighted by Gasteiger charge is 2.18. The molecule has 3 heteroatoms. The van der Waals surface area contributed by atoms with Crippen molar-refractivity contribution in [1.82, 2.24) is 0 Å². The molecule has 1 aromatic carbocycles. The first kappa shape index (κ1) is 12.3. The molecular formula is C12H19ClN2. The molecule has 0 bridgehead atoms. The van der Waals surface area contributed by atoms with Gasteiger partial charge in [-0.2, -0.15) is 0 Å². The van der Waals surface area contributed by atoms with Gasteiger partial charge in [0.2, 0.25) is 0 Å². The number of nitrogens with two attached hydrogens (primary N) is 1. The van der Waals surface area contributed by atoms with Crippen LogP contribution >= 0.6 is 0 Å². The first-order chi connectivity index (χ1) is 6.92. The molecule has 1 atom stereocenters. The van der Waals surface area contributed by atoms with Crippen molar-refractivity contribution in [3.63, 3.8) is 0 Å². The maximum absolute atomic E-state index is 3.50. The van der Waals surface area contributed by atoms with Crippen LogP contribution in [0.25, 0.3) is 0 Å². The van der Waals surface area contributed by atoms with Gasteiger partial charge in [0.05, 0.1) is 13.6 Å². The van der Waals surface area contributed by atoms with E-state index in [0.29, 0.717) is 0 Å². The van der Waals surface area contributed by atoms with E-state index in [9.17, 15) is 0 Å². The molecule has 0 aromatic heterocycles. The summed E-state index contributed by atoms with van der Waals surface area (Å²) in [5.74, 6) is 0.728. The van der Waals surface area contributed by atoms with Crippen molar-refractivity contribution < 1.29 is 17.7 Å². The standard InChI is InChI=1S/C12H18N2.ClH/c1-13-9-10-5-4-8-14-12-7-3-2-6-11(10)12;/h2-3,6-7,10,13-14H,4-5,8-9H2,1H3;1H. The number of hydrogen-bond acceptors (Lipinski definition) is 1. The van der Waals surface area contributed by atoms with Crippen molar-refractivity contribution in [3.05, 3.63) is 29.8 Å². The van der Waals surface area contributed by atoms with Gasteiger partial charge >= 0.3 is 0 Å². The van der Waals surface area contributed by atoms with E-state index in [2.05, 4.69) is 41.9 Å². The van der Waals surface area contributed by atoms with Gasteiger partial charge in [-0.15, -0.1) is 0 Å². The van der Waals surface area contributed by atoms with Crippen molar-refractivity contribution in [2.75, 3.05) is 25.5 Å². The molecule has 2 nitrogen and oxygen atoms in total. The number of quaternary nitrogens is 1. The number of fused-ring (bicyclic) bond motifs is 1. The predicted octanol–water partition coefficient (Wildman–Crippen LogP) is -1.83. The van der Waals surface area contributed by atoms with Crippen molar-refractivity contribution in [2.24, 2.45) is 0 Å². The predicted molar refractivity (Wildman–Crippen MR) is 59.6 cm³/mol. The molecule has 0 aliphatic carbocycles. The lowest BCUT2D eigenvalue weighted by molar-refractivity contribution is -0.629. The van der Waals surface area contributed by atoms with Gasteiger partial charge in [-0.05, 0) is 24.5 Å². The summed E-state index contributed by atoms with van der Waals surface area (Å²) in [6, 6.07) is 8.73. The second-order valence-corrected chi connectivity index (χ2v) is 4.00. The first-order valence-corrected chi connectivity index (χ1v) is 5.52. The number of hydrogen-bond donors (Lipinski definition) is 2. The number of para-hydroxylation sites is 1. The average molecular weight is 227 g/mol. The monoisotopic (exact) mass is 226 g/mol. The smallest absolute Gasteiger partial charge is 0.0823 e. The third kappa shape index (κ3) is 2.86. The molecule has 1 aliphatic rings. The Balaban J connectivity index is 0.00000112. The Morgan fingerprint density at radius 1 is 1.40 bits per heavy atom. The Hall–Kier alpha value is -0.730. The highest BCUT2D eigenvalue weighted by atomic mass is 35.5. The molecule has 15 heavy (non-hydrogen) atoms. The summed E-state index contributed by atoms with van der Waals surface area (Å²) in [4.78, 5) is 0. The fraction of sp³-hybridized carbons (Fsp3) is 0.500. The lowest BCUT2D eigenvalue weighted by Crippen LogP contribution is -3.00. The fourth-order valence-electron chi connectivity index (χ4n) is 2.27. The number of nitrogens with one attached hydrogen (secondary N) is 1. The maximum atomic E-state index is 3.50. The Bertz CT molecular complexity index is 301. The van der Waals surface area contributed by atoms with Crippen molar-refractivity contribution >= 4 is 5.69 Å². The van der Waals surface area contributed by atoms with Gasteiger partial charge in [0.25, 0.3) is 0 Å². The molecule has 0 saturated heterocycles. The Labute approximate surface area is 97.9 Å². The molecule has 1 aromatic rings. The van der Waals surface area contributed by atoms with Gasteiger partial charge in [0.15, 0.2) is 0 Å². The minimum Gasteiger partial charge on any atom is -1.00 e. The largest absolute Gasteiger partial charge is 1.00 e. The van der Waals surface area contributed by atoms with E-state index >= 15 is 0 Å². The molecule has 1 aliphatic heterocycles. The number of halogens is 1. The molecule has 2 rings (SSSR count). The van der Waals surface area contributed by atoms with Crippen molar-refractivity contribution in [1.29, 1.82) is 0 Å². The number of anilines is 1. The molecular weight excluding hydrogens is 208 g/mol. The molecule has 0 radical (unpaired) electrons. The average Bonchev–Trinajstić information content (AvgIpc) is 2.42. The van der Waals surface area contributed by atoms with E-state index in [4.69, 9.17) is 0 Å².